The summed E-state index contributed by atoms with van der Waals surface area (Å²) in [6.07, 6.45) is -4.65. The first kappa shape index (κ1) is 15.3. The standard InChI is InChI=1S/C13H11F3N2O2S/c1-8-2-4-10(21-8)7-17-12-5-3-9(18(19)20)6-11(12)13(14,15)16/h2-6,17H,7H2,1H3. The molecule has 0 fully saturated rings. The molecule has 0 unspecified atom stereocenters. The molecule has 2 rings (SSSR count). The van der Waals surface area contributed by atoms with Crippen LogP contribution in [0.1, 0.15) is 15.3 Å². The van der Waals surface area contributed by atoms with Crippen LogP contribution in [0.15, 0.2) is 30.3 Å². The van der Waals surface area contributed by atoms with Gasteiger partial charge in [-0.15, -0.1) is 11.3 Å². The first-order valence-electron chi connectivity index (χ1n) is 5.92. The van der Waals surface area contributed by atoms with E-state index in [1.54, 1.807) is 0 Å². The number of nitrogens with one attached hydrogen (secondary N) is 1. The van der Waals surface area contributed by atoms with Gasteiger partial charge in [-0.2, -0.15) is 13.2 Å². The summed E-state index contributed by atoms with van der Waals surface area (Å²) < 4.78 is 38.9. The average Bonchev–Trinajstić information content (AvgIpc) is 2.81. The highest BCUT2D eigenvalue weighted by Gasteiger charge is 2.35. The zero-order valence-electron chi connectivity index (χ0n) is 10.9. The third kappa shape index (κ3) is 3.72. The Labute approximate surface area is 122 Å². The number of nitro groups is 1. The largest absolute Gasteiger partial charge is 0.418 e. The van der Waals surface area contributed by atoms with E-state index in [9.17, 15) is 23.3 Å². The minimum Gasteiger partial charge on any atom is -0.380 e. The topological polar surface area (TPSA) is 55.2 Å². The Morgan fingerprint density at radius 3 is 2.52 bits per heavy atom. The molecule has 1 N–H and O–H groups in total. The molecule has 4 nitrogen and oxygen atoms in total. The van der Waals surface area contributed by atoms with Crippen LogP contribution in [0.2, 0.25) is 0 Å². The van der Waals surface area contributed by atoms with Crippen LogP contribution >= 0.6 is 11.3 Å². The number of halogens is 3. The van der Waals surface area contributed by atoms with E-state index in [1.807, 2.05) is 19.1 Å². The van der Waals surface area contributed by atoms with E-state index in [2.05, 4.69) is 5.32 Å². The van der Waals surface area contributed by atoms with E-state index in [-0.39, 0.29) is 12.2 Å². The molecule has 112 valence electrons. The summed E-state index contributed by atoms with van der Waals surface area (Å²) in [5.41, 5.74) is -1.79. The Bertz CT molecular complexity index is 668. The number of aryl methyl sites for hydroxylation is 1. The molecule has 0 radical (unpaired) electrons. The van der Waals surface area contributed by atoms with Gasteiger partial charge in [0, 0.05) is 34.1 Å². The lowest BCUT2D eigenvalue weighted by atomic mass is 10.1. The number of rotatable bonds is 4. The summed E-state index contributed by atoms with van der Waals surface area (Å²) in [5, 5.41) is 13.3. The Morgan fingerprint density at radius 1 is 1.29 bits per heavy atom. The maximum atomic E-state index is 13.0. The van der Waals surface area contributed by atoms with Crippen molar-refractivity contribution in [2.24, 2.45) is 0 Å². The van der Waals surface area contributed by atoms with E-state index < -0.39 is 22.4 Å². The highest BCUT2D eigenvalue weighted by atomic mass is 32.1. The molecular formula is C13H11F3N2O2S. The highest BCUT2D eigenvalue weighted by Crippen LogP contribution is 2.37. The van der Waals surface area contributed by atoms with Crippen molar-refractivity contribution in [3.8, 4) is 0 Å². The monoisotopic (exact) mass is 316 g/mol. The summed E-state index contributed by atoms with van der Waals surface area (Å²) >= 11 is 1.48. The Morgan fingerprint density at radius 2 is 2.00 bits per heavy atom. The number of hydrogen-bond donors (Lipinski definition) is 1. The molecule has 21 heavy (non-hydrogen) atoms. The van der Waals surface area contributed by atoms with Crippen molar-refractivity contribution in [2.75, 3.05) is 5.32 Å². The van der Waals surface area contributed by atoms with E-state index >= 15 is 0 Å². The van der Waals surface area contributed by atoms with Gasteiger partial charge in [0.25, 0.3) is 5.69 Å². The molecule has 0 saturated heterocycles. The van der Waals surface area contributed by atoms with Crippen molar-refractivity contribution in [1.29, 1.82) is 0 Å². The van der Waals surface area contributed by atoms with Crippen molar-refractivity contribution >= 4 is 22.7 Å². The minimum absolute atomic E-state index is 0.167. The predicted octanol–water partition coefficient (Wildman–Crippen LogP) is 4.60. The van der Waals surface area contributed by atoms with Gasteiger partial charge in [-0.05, 0) is 25.1 Å². The SMILES string of the molecule is Cc1ccc(CNc2ccc([N+](=O)[O-])cc2C(F)(F)F)s1. The highest BCUT2D eigenvalue weighted by molar-refractivity contribution is 7.11. The number of benzene rings is 1. The van der Waals surface area contributed by atoms with Crippen LogP contribution < -0.4 is 5.32 Å². The molecule has 1 aromatic carbocycles. The fraction of sp³-hybridized carbons (Fsp3) is 0.231. The van der Waals surface area contributed by atoms with Gasteiger partial charge in [0.1, 0.15) is 0 Å². The van der Waals surface area contributed by atoms with Crippen molar-refractivity contribution in [3.05, 3.63) is 55.8 Å². The van der Waals surface area contributed by atoms with Crippen LogP contribution in [-0.4, -0.2) is 4.92 Å². The molecule has 1 heterocycles. The van der Waals surface area contributed by atoms with Gasteiger partial charge < -0.3 is 5.32 Å². The van der Waals surface area contributed by atoms with Crippen LogP contribution in [0.3, 0.4) is 0 Å². The molecule has 2 aromatic rings. The van der Waals surface area contributed by atoms with E-state index in [0.717, 1.165) is 21.9 Å². The zero-order chi connectivity index (χ0) is 15.6. The third-order valence-electron chi connectivity index (χ3n) is 2.77. The minimum atomic E-state index is -4.65. The Hall–Kier alpha value is -2.09. The van der Waals surface area contributed by atoms with Crippen molar-refractivity contribution in [2.45, 2.75) is 19.6 Å². The maximum Gasteiger partial charge on any atom is 0.418 e. The second-order valence-electron chi connectivity index (χ2n) is 4.35. The van der Waals surface area contributed by atoms with Gasteiger partial charge in [0.15, 0.2) is 0 Å². The molecule has 0 spiro atoms. The summed E-state index contributed by atoms with van der Waals surface area (Å²) in [6.45, 7) is 2.14. The molecule has 1 aromatic heterocycles. The van der Waals surface area contributed by atoms with Gasteiger partial charge in [0.05, 0.1) is 10.5 Å². The predicted molar refractivity (Wildman–Crippen MR) is 74.5 cm³/mol. The summed E-state index contributed by atoms with van der Waals surface area (Å²) in [7, 11) is 0. The van der Waals surface area contributed by atoms with Crippen LogP contribution in [0.5, 0.6) is 0 Å². The van der Waals surface area contributed by atoms with Crippen molar-refractivity contribution in [3.63, 3.8) is 0 Å². The van der Waals surface area contributed by atoms with Crippen LogP contribution in [0.25, 0.3) is 0 Å². The lowest BCUT2D eigenvalue weighted by Gasteiger charge is -2.13. The fourth-order valence-electron chi connectivity index (χ4n) is 1.80. The van der Waals surface area contributed by atoms with E-state index in [1.165, 1.54) is 11.3 Å². The quantitative estimate of drug-likeness (QED) is 0.662. The normalized spacial score (nSPS) is 11.4. The molecule has 8 heteroatoms. The molecule has 0 amide bonds. The Kier molecular flexibility index (Phi) is 4.17. The van der Waals surface area contributed by atoms with Crippen molar-refractivity contribution < 1.29 is 18.1 Å². The molecule has 0 aliphatic heterocycles. The van der Waals surface area contributed by atoms with Crippen LogP contribution in [-0.2, 0) is 12.7 Å². The molecular weight excluding hydrogens is 305 g/mol. The lowest BCUT2D eigenvalue weighted by molar-refractivity contribution is -0.385. The molecule has 0 bridgehead atoms. The number of hydrogen-bond acceptors (Lipinski definition) is 4. The zero-order valence-corrected chi connectivity index (χ0v) is 11.7. The fourth-order valence-corrected chi connectivity index (χ4v) is 2.63. The molecule has 0 aliphatic rings. The lowest BCUT2D eigenvalue weighted by Crippen LogP contribution is -2.11. The molecule has 0 atom stereocenters. The number of nitro benzene ring substituents is 1. The smallest absolute Gasteiger partial charge is 0.380 e. The number of nitrogens with zero attached hydrogens (tertiary/aromatic N) is 1. The summed E-state index contributed by atoms with van der Waals surface area (Å²) in [5.74, 6) is 0. The number of anilines is 1. The molecule has 0 saturated carbocycles. The van der Waals surface area contributed by atoms with Crippen molar-refractivity contribution in [1.82, 2.24) is 0 Å². The van der Waals surface area contributed by atoms with Gasteiger partial charge in [-0.25, -0.2) is 0 Å². The second kappa shape index (κ2) is 5.72. The van der Waals surface area contributed by atoms with Crippen LogP contribution in [0, 0.1) is 17.0 Å². The summed E-state index contributed by atoms with van der Waals surface area (Å²) in [4.78, 5) is 11.7. The third-order valence-corrected chi connectivity index (χ3v) is 3.77. The van der Waals surface area contributed by atoms with Gasteiger partial charge >= 0.3 is 6.18 Å². The number of thiophene rings is 1. The first-order chi connectivity index (χ1) is 9.77. The summed E-state index contributed by atoms with van der Waals surface area (Å²) in [6, 6.07) is 6.38. The van der Waals surface area contributed by atoms with Crippen LogP contribution in [0.4, 0.5) is 24.5 Å². The first-order valence-corrected chi connectivity index (χ1v) is 6.74. The van der Waals surface area contributed by atoms with Gasteiger partial charge in [-0.1, -0.05) is 0 Å². The van der Waals surface area contributed by atoms with E-state index in [4.69, 9.17) is 0 Å². The molecule has 0 aliphatic carbocycles. The number of non-ortho nitro benzene ring substituents is 1. The number of alkyl halides is 3. The van der Waals surface area contributed by atoms with E-state index in [0.29, 0.717) is 6.07 Å². The second-order valence-corrected chi connectivity index (χ2v) is 5.72. The Balaban J connectivity index is 2.27. The average molecular weight is 316 g/mol. The van der Waals surface area contributed by atoms with Gasteiger partial charge in [-0.3, -0.25) is 10.1 Å². The van der Waals surface area contributed by atoms with Gasteiger partial charge in [0.2, 0.25) is 0 Å². The maximum absolute atomic E-state index is 13.0.